The summed E-state index contributed by atoms with van der Waals surface area (Å²) in [5, 5.41) is 0. The van der Waals surface area contributed by atoms with E-state index in [2.05, 4.69) is 4.98 Å². The molecule has 2 aromatic carbocycles. The van der Waals surface area contributed by atoms with Crippen LogP contribution in [0, 0.1) is 0 Å². The van der Waals surface area contributed by atoms with Gasteiger partial charge in [0.25, 0.3) is 0 Å². The van der Waals surface area contributed by atoms with Crippen molar-refractivity contribution >= 4 is 10.0 Å². The minimum atomic E-state index is -3.34. The van der Waals surface area contributed by atoms with Gasteiger partial charge in [0.15, 0.2) is 0 Å². The number of sulfonamides is 1. The molecule has 0 atom stereocenters. The average molecular weight is 382 g/mol. The Labute approximate surface area is 160 Å². The second-order valence-electron chi connectivity index (χ2n) is 6.09. The van der Waals surface area contributed by atoms with Crippen LogP contribution in [0.1, 0.15) is 18.1 Å². The van der Waals surface area contributed by atoms with Crippen LogP contribution >= 0.6 is 0 Å². The lowest BCUT2D eigenvalue weighted by Crippen LogP contribution is -2.31. The average Bonchev–Trinajstić information content (AvgIpc) is 2.70. The van der Waals surface area contributed by atoms with Gasteiger partial charge >= 0.3 is 0 Å². The molecule has 1 aromatic heterocycles. The summed E-state index contributed by atoms with van der Waals surface area (Å²) in [4.78, 5) is 4.07. The highest BCUT2D eigenvalue weighted by atomic mass is 32.2. The maximum Gasteiger partial charge on any atom is 0.214 e. The lowest BCUT2D eigenvalue weighted by molar-refractivity contribution is 0.401. The van der Waals surface area contributed by atoms with E-state index in [1.165, 1.54) is 4.31 Å². The number of benzene rings is 2. The van der Waals surface area contributed by atoms with Gasteiger partial charge in [-0.15, -0.1) is 0 Å². The van der Waals surface area contributed by atoms with Crippen molar-refractivity contribution < 1.29 is 13.2 Å². The van der Waals surface area contributed by atoms with Crippen molar-refractivity contribution in [3.63, 3.8) is 0 Å². The van der Waals surface area contributed by atoms with Crippen molar-refractivity contribution in [2.24, 2.45) is 0 Å². The Morgan fingerprint density at radius 1 is 0.852 bits per heavy atom. The van der Waals surface area contributed by atoms with Crippen LogP contribution in [-0.2, 0) is 23.1 Å². The van der Waals surface area contributed by atoms with Gasteiger partial charge in [0.05, 0.1) is 5.75 Å². The van der Waals surface area contributed by atoms with Crippen LogP contribution in [0.25, 0.3) is 0 Å². The highest BCUT2D eigenvalue weighted by Gasteiger charge is 2.20. The quantitative estimate of drug-likeness (QED) is 0.585. The van der Waals surface area contributed by atoms with Crippen molar-refractivity contribution in [2.45, 2.75) is 20.0 Å². The molecule has 5 nitrogen and oxygen atoms in total. The lowest BCUT2D eigenvalue weighted by Gasteiger charge is -2.21. The zero-order valence-electron chi connectivity index (χ0n) is 15.2. The number of aromatic nitrogens is 1. The van der Waals surface area contributed by atoms with Crippen molar-refractivity contribution in [1.82, 2.24) is 9.29 Å². The van der Waals surface area contributed by atoms with E-state index in [9.17, 15) is 8.42 Å². The molecule has 0 radical (unpaired) electrons. The smallest absolute Gasteiger partial charge is 0.214 e. The molecule has 3 rings (SSSR count). The Hall–Kier alpha value is -2.70. The molecule has 0 unspecified atom stereocenters. The van der Waals surface area contributed by atoms with Crippen molar-refractivity contribution in [1.29, 1.82) is 0 Å². The number of hydrogen-bond donors (Lipinski definition) is 0. The summed E-state index contributed by atoms with van der Waals surface area (Å²) in [6, 6.07) is 20.7. The first kappa shape index (κ1) is 19.1. The van der Waals surface area contributed by atoms with Gasteiger partial charge in [-0.1, -0.05) is 36.4 Å². The van der Waals surface area contributed by atoms with Crippen LogP contribution in [0.15, 0.2) is 79.1 Å². The van der Waals surface area contributed by atoms with Crippen LogP contribution in [0.2, 0.25) is 0 Å². The predicted octanol–water partition coefficient (Wildman–Crippen LogP) is 4.23. The highest BCUT2D eigenvalue weighted by Crippen LogP contribution is 2.22. The maximum absolute atomic E-state index is 12.5. The fourth-order valence-electron chi connectivity index (χ4n) is 2.62. The molecular formula is C21H22N2O3S. The Kier molecular flexibility index (Phi) is 6.21. The van der Waals surface area contributed by atoms with Gasteiger partial charge in [-0.25, -0.2) is 8.42 Å². The van der Waals surface area contributed by atoms with E-state index in [-0.39, 0.29) is 5.75 Å². The summed E-state index contributed by atoms with van der Waals surface area (Å²) in [5.41, 5.74) is 1.76. The zero-order chi connectivity index (χ0) is 19.1. The molecule has 0 fully saturated rings. The normalized spacial score (nSPS) is 11.5. The van der Waals surface area contributed by atoms with E-state index < -0.39 is 10.0 Å². The first-order valence-electron chi connectivity index (χ1n) is 8.75. The maximum atomic E-state index is 12.5. The summed E-state index contributed by atoms with van der Waals surface area (Å²) in [5.74, 6) is 1.53. The third-order valence-electron chi connectivity index (χ3n) is 4.10. The summed E-state index contributed by atoms with van der Waals surface area (Å²) < 4.78 is 32.3. The SMILES string of the molecule is CCS(=O)(=O)N(Cc1ccc(Oc2ccccc2)cc1)Cc1cccnc1. The first-order chi connectivity index (χ1) is 13.1. The monoisotopic (exact) mass is 382 g/mol. The standard InChI is InChI=1S/C21H22N2O3S/c1-2-27(24,25)23(17-19-7-6-14-22-15-19)16-18-10-12-21(13-11-18)26-20-8-4-3-5-9-20/h3-15H,2,16-17H2,1H3. The van der Waals surface area contributed by atoms with E-state index in [0.717, 1.165) is 16.9 Å². The second kappa shape index (κ2) is 8.79. The zero-order valence-corrected chi connectivity index (χ0v) is 16.0. The van der Waals surface area contributed by atoms with Gasteiger partial charge in [0.1, 0.15) is 11.5 Å². The molecule has 0 saturated heterocycles. The minimum absolute atomic E-state index is 0.0580. The van der Waals surface area contributed by atoms with Gasteiger partial charge in [-0.05, 0) is 48.4 Å². The molecule has 0 spiro atoms. The number of nitrogens with zero attached hydrogens (tertiary/aromatic N) is 2. The van der Waals surface area contributed by atoms with Gasteiger partial charge < -0.3 is 4.74 Å². The predicted molar refractivity (Wildman–Crippen MR) is 106 cm³/mol. The van der Waals surface area contributed by atoms with Crippen LogP contribution in [0.4, 0.5) is 0 Å². The topological polar surface area (TPSA) is 59.5 Å². The fraction of sp³-hybridized carbons (Fsp3) is 0.190. The van der Waals surface area contributed by atoms with Crippen molar-refractivity contribution in [2.75, 3.05) is 5.75 Å². The van der Waals surface area contributed by atoms with Gasteiger partial charge in [0, 0.05) is 25.5 Å². The summed E-state index contributed by atoms with van der Waals surface area (Å²) in [6.07, 6.45) is 3.36. The summed E-state index contributed by atoms with van der Waals surface area (Å²) in [7, 11) is -3.34. The molecule has 0 aliphatic carbocycles. The third kappa shape index (κ3) is 5.39. The molecule has 0 amide bonds. The Morgan fingerprint density at radius 3 is 2.15 bits per heavy atom. The van der Waals surface area contributed by atoms with E-state index >= 15 is 0 Å². The third-order valence-corrected chi connectivity index (χ3v) is 5.88. The molecular weight excluding hydrogens is 360 g/mol. The van der Waals surface area contributed by atoms with Crippen molar-refractivity contribution in [3.8, 4) is 11.5 Å². The first-order valence-corrected chi connectivity index (χ1v) is 10.4. The lowest BCUT2D eigenvalue weighted by atomic mass is 10.2. The van der Waals surface area contributed by atoms with Gasteiger partial charge in [0.2, 0.25) is 10.0 Å². The molecule has 0 aliphatic rings. The van der Waals surface area contributed by atoms with Crippen LogP contribution in [-0.4, -0.2) is 23.5 Å². The summed E-state index contributed by atoms with van der Waals surface area (Å²) >= 11 is 0. The van der Waals surface area contributed by atoms with Gasteiger partial charge in [-0.2, -0.15) is 4.31 Å². The largest absolute Gasteiger partial charge is 0.457 e. The molecule has 27 heavy (non-hydrogen) atoms. The van der Waals surface area contributed by atoms with Crippen LogP contribution < -0.4 is 4.74 Å². The van der Waals surface area contributed by atoms with Crippen molar-refractivity contribution in [3.05, 3.63) is 90.3 Å². The molecule has 3 aromatic rings. The molecule has 0 saturated carbocycles. The molecule has 140 valence electrons. The van der Waals surface area contributed by atoms with Crippen LogP contribution in [0.3, 0.4) is 0 Å². The van der Waals surface area contributed by atoms with Crippen LogP contribution in [0.5, 0.6) is 11.5 Å². The fourth-order valence-corrected chi connectivity index (χ4v) is 3.68. The minimum Gasteiger partial charge on any atom is -0.457 e. The Morgan fingerprint density at radius 2 is 1.52 bits per heavy atom. The highest BCUT2D eigenvalue weighted by molar-refractivity contribution is 7.89. The molecule has 0 N–H and O–H groups in total. The molecule has 0 bridgehead atoms. The molecule has 1 heterocycles. The van der Waals surface area contributed by atoms with Gasteiger partial charge in [-0.3, -0.25) is 4.98 Å². The number of ether oxygens (including phenoxy) is 1. The summed E-state index contributed by atoms with van der Waals surface area (Å²) in [6.45, 7) is 2.26. The van der Waals surface area contributed by atoms with E-state index in [1.54, 1.807) is 19.3 Å². The number of hydrogen-bond acceptors (Lipinski definition) is 4. The van der Waals surface area contributed by atoms with E-state index in [1.807, 2.05) is 66.7 Å². The molecule has 0 aliphatic heterocycles. The Bertz CT molecular complexity index is 944. The van der Waals surface area contributed by atoms with E-state index in [4.69, 9.17) is 4.74 Å². The number of para-hydroxylation sites is 1. The number of rotatable bonds is 8. The van der Waals surface area contributed by atoms with E-state index in [0.29, 0.717) is 18.8 Å². The Balaban J connectivity index is 1.73. The number of pyridine rings is 1. The second-order valence-corrected chi connectivity index (χ2v) is 8.35. The molecule has 6 heteroatoms.